The van der Waals surface area contributed by atoms with Gasteiger partial charge in [-0.1, -0.05) is 18.2 Å². The van der Waals surface area contributed by atoms with Crippen LogP contribution in [0.1, 0.15) is 18.1 Å². The van der Waals surface area contributed by atoms with E-state index in [0.29, 0.717) is 5.57 Å². The first-order chi connectivity index (χ1) is 9.99. The Kier molecular flexibility index (Phi) is 5.02. The summed E-state index contributed by atoms with van der Waals surface area (Å²) in [6, 6.07) is 6.45. The molecule has 0 amide bonds. The number of nitrogens with zero attached hydrogens (tertiary/aromatic N) is 2. The third-order valence-electron chi connectivity index (χ3n) is 4.28. The quantitative estimate of drug-likeness (QED) is 0.864. The molecule has 0 saturated carbocycles. The molecule has 21 heavy (non-hydrogen) atoms. The van der Waals surface area contributed by atoms with Gasteiger partial charge in [0.25, 0.3) is 0 Å². The molecular weight excluding hydrogens is 264 g/mol. The summed E-state index contributed by atoms with van der Waals surface area (Å²) in [5.74, 6) is -0.830. The fourth-order valence-electron chi connectivity index (χ4n) is 2.60. The summed E-state index contributed by atoms with van der Waals surface area (Å²) in [5, 5.41) is 8.86. The van der Waals surface area contributed by atoms with Crippen molar-refractivity contribution in [3.05, 3.63) is 41.0 Å². The van der Waals surface area contributed by atoms with Crippen LogP contribution in [0.2, 0.25) is 0 Å². The van der Waals surface area contributed by atoms with Gasteiger partial charge in [0.05, 0.1) is 0 Å². The van der Waals surface area contributed by atoms with Crippen LogP contribution in [-0.2, 0) is 4.79 Å². The first-order valence-electron chi connectivity index (χ1n) is 7.42. The van der Waals surface area contributed by atoms with Crippen LogP contribution in [0.25, 0.3) is 0 Å². The predicted octanol–water partition coefficient (Wildman–Crippen LogP) is 2.46. The summed E-state index contributed by atoms with van der Waals surface area (Å²) < 4.78 is 0. The molecule has 1 heterocycles. The number of aryl methyl sites for hydroxylation is 1. The molecule has 1 N–H and O–H groups in total. The summed E-state index contributed by atoms with van der Waals surface area (Å²) in [4.78, 5) is 15.5. The molecule has 1 aliphatic rings. The molecule has 4 nitrogen and oxygen atoms in total. The van der Waals surface area contributed by atoms with E-state index in [2.05, 4.69) is 41.8 Å². The van der Waals surface area contributed by atoms with E-state index in [0.717, 1.165) is 32.7 Å². The van der Waals surface area contributed by atoms with Gasteiger partial charge in [-0.3, -0.25) is 4.90 Å². The highest BCUT2D eigenvalue weighted by Crippen LogP contribution is 2.23. The molecular formula is C17H24N2O2. The Balaban J connectivity index is 1.93. The van der Waals surface area contributed by atoms with Gasteiger partial charge < -0.3 is 10.0 Å². The van der Waals surface area contributed by atoms with Crippen LogP contribution in [0.3, 0.4) is 0 Å². The van der Waals surface area contributed by atoms with Crippen molar-refractivity contribution >= 4 is 11.7 Å². The van der Waals surface area contributed by atoms with Gasteiger partial charge in [-0.2, -0.15) is 0 Å². The molecule has 0 atom stereocenters. The normalized spacial score (nSPS) is 17.1. The number of carbonyl (C=O) groups is 1. The minimum absolute atomic E-state index is 0.423. The Morgan fingerprint density at radius 1 is 1.24 bits per heavy atom. The van der Waals surface area contributed by atoms with Crippen molar-refractivity contribution in [3.63, 3.8) is 0 Å². The third-order valence-corrected chi connectivity index (χ3v) is 4.28. The minimum atomic E-state index is -0.830. The standard InChI is InChI=1S/C17H24N2O2/c1-13-5-4-6-16(15(13)3)19-11-9-18(10-12-19)8-7-14(2)17(20)21/h4-7H,8-12H2,1-3H3,(H,20,21). The summed E-state index contributed by atoms with van der Waals surface area (Å²) in [6.45, 7) is 10.6. The molecule has 114 valence electrons. The zero-order valence-corrected chi connectivity index (χ0v) is 13.1. The zero-order valence-electron chi connectivity index (χ0n) is 13.1. The number of hydrogen-bond acceptors (Lipinski definition) is 3. The second-order valence-corrected chi connectivity index (χ2v) is 5.70. The fraction of sp³-hybridized carbons (Fsp3) is 0.471. The molecule has 0 unspecified atom stereocenters. The van der Waals surface area contributed by atoms with E-state index < -0.39 is 5.97 Å². The van der Waals surface area contributed by atoms with E-state index in [1.807, 2.05) is 0 Å². The Bertz CT molecular complexity index is 544. The Morgan fingerprint density at radius 3 is 2.52 bits per heavy atom. The van der Waals surface area contributed by atoms with E-state index in [-0.39, 0.29) is 0 Å². The molecule has 1 saturated heterocycles. The van der Waals surface area contributed by atoms with Crippen LogP contribution in [0.15, 0.2) is 29.8 Å². The van der Waals surface area contributed by atoms with Crippen LogP contribution in [0.5, 0.6) is 0 Å². The number of carboxylic acid groups (broad SMARTS) is 1. The van der Waals surface area contributed by atoms with Crippen molar-refractivity contribution < 1.29 is 9.90 Å². The summed E-state index contributed by atoms with van der Waals surface area (Å²) in [6.07, 6.45) is 1.80. The number of rotatable bonds is 4. The summed E-state index contributed by atoms with van der Waals surface area (Å²) in [5.41, 5.74) is 4.43. The molecule has 1 aromatic rings. The fourth-order valence-corrected chi connectivity index (χ4v) is 2.60. The molecule has 0 aromatic heterocycles. The van der Waals surface area contributed by atoms with Gasteiger partial charge in [-0.15, -0.1) is 0 Å². The van der Waals surface area contributed by atoms with Gasteiger partial charge in [0.2, 0.25) is 0 Å². The second kappa shape index (κ2) is 6.76. The van der Waals surface area contributed by atoms with Crippen LogP contribution >= 0.6 is 0 Å². The maximum absolute atomic E-state index is 10.8. The molecule has 0 aliphatic carbocycles. The van der Waals surface area contributed by atoms with Gasteiger partial charge in [0.15, 0.2) is 0 Å². The van der Waals surface area contributed by atoms with Gasteiger partial charge >= 0.3 is 5.97 Å². The first-order valence-corrected chi connectivity index (χ1v) is 7.42. The summed E-state index contributed by atoms with van der Waals surface area (Å²) in [7, 11) is 0. The largest absolute Gasteiger partial charge is 0.478 e. The van der Waals surface area contributed by atoms with Crippen molar-refractivity contribution in [2.24, 2.45) is 0 Å². The predicted molar refractivity (Wildman–Crippen MR) is 86.0 cm³/mol. The van der Waals surface area contributed by atoms with Crippen LogP contribution < -0.4 is 4.90 Å². The lowest BCUT2D eigenvalue weighted by Gasteiger charge is -2.36. The highest BCUT2D eigenvalue weighted by molar-refractivity contribution is 5.85. The van der Waals surface area contributed by atoms with E-state index in [4.69, 9.17) is 5.11 Å². The number of piperazine rings is 1. The summed E-state index contributed by atoms with van der Waals surface area (Å²) >= 11 is 0. The van der Waals surface area contributed by atoms with Crippen LogP contribution in [-0.4, -0.2) is 48.7 Å². The van der Waals surface area contributed by atoms with Crippen molar-refractivity contribution in [2.45, 2.75) is 20.8 Å². The van der Waals surface area contributed by atoms with Gasteiger partial charge in [-0.25, -0.2) is 4.79 Å². The topological polar surface area (TPSA) is 43.8 Å². The molecule has 1 aliphatic heterocycles. The average molecular weight is 288 g/mol. The SMILES string of the molecule is CC(=CCN1CCN(c2cccc(C)c2C)CC1)C(=O)O. The smallest absolute Gasteiger partial charge is 0.330 e. The highest BCUT2D eigenvalue weighted by atomic mass is 16.4. The third kappa shape index (κ3) is 3.85. The molecule has 0 bridgehead atoms. The van der Waals surface area contributed by atoms with E-state index in [1.165, 1.54) is 16.8 Å². The average Bonchev–Trinajstić information content (AvgIpc) is 2.48. The van der Waals surface area contributed by atoms with Crippen molar-refractivity contribution in [1.82, 2.24) is 4.90 Å². The maximum Gasteiger partial charge on any atom is 0.330 e. The molecule has 4 heteroatoms. The van der Waals surface area contributed by atoms with Gasteiger partial charge in [-0.05, 0) is 38.0 Å². The molecule has 1 fully saturated rings. The Morgan fingerprint density at radius 2 is 1.90 bits per heavy atom. The first kappa shape index (κ1) is 15.6. The van der Waals surface area contributed by atoms with Crippen LogP contribution in [0, 0.1) is 13.8 Å². The van der Waals surface area contributed by atoms with E-state index in [1.54, 1.807) is 13.0 Å². The van der Waals surface area contributed by atoms with Crippen molar-refractivity contribution in [2.75, 3.05) is 37.6 Å². The number of hydrogen-bond donors (Lipinski definition) is 1. The molecule has 0 spiro atoms. The minimum Gasteiger partial charge on any atom is -0.478 e. The zero-order chi connectivity index (χ0) is 15.4. The monoisotopic (exact) mass is 288 g/mol. The highest BCUT2D eigenvalue weighted by Gasteiger charge is 2.18. The lowest BCUT2D eigenvalue weighted by atomic mass is 10.1. The number of anilines is 1. The maximum atomic E-state index is 10.8. The Hall–Kier alpha value is -1.81. The number of benzene rings is 1. The lowest BCUT2D eigenvalue weighted by molar-refractivity contribution is -0.132. The van der Waals surface area contributed by atoms with Crippen LogP contribution in [0.4, 0.5) is 5.69 Å². The molecule has 1 aromatic carbocycles. The second-order valence-electron chi connectivity index (χ2n) is 5.70. The van der Waals surface area contributed by atoms with Gasteiger partial charge in [0, 0.05) is 44.0 Å². The number of carboxylic acids is 1. The Labute approximate surface area is 126 Å². The van der Waals surface area contributed by atoms with Crippen molar-refractivity contribution in [1.29, 1.82) is 0 Å². The van der Waals surface area contributed by atoms with E-state index >= 15 is 0 Å². The number of aliphatic carboxylic acids is 1. The van der Waals surface area contributed by atoms with Crippen molar-refractivity contribution in [3.8, 4) is 0 Å². The lowest BCUT2D eigenvalue weighted by Crippen LogP contribution is -2.46. The van der Waals surface area contributed by atoms with Gasteiger partial charge in [0.1, 0.15) is 0 Å². The molecule has 0 radical (unpaired) electrons. The van der Waals surface area contributed by atoms with E-state index in [9.17, 15) is 4.79 Å². The molecule has 2 rings (SSSR count).